The second-order valence-corrected chi connectivity index (χ2v) is 9.63. The maximum Gasteiger partial charge on any atom is 0.338 e. The zero-order valence-corrected chi connectivity index (χ0v) is 19.0. The average molecular weight is 483 g/mol. The minimum absolute atomic E-state index is 0.0407. The van der Waals surface area contributed by atoms with Gasteiger partial charge in [-0.25, -0.2) is 17.5 Å². The number of likely N-dealkylation sites (N-methyl/N-ethyl adjacent to an activating group) is 1. The van der Waals surface area contributed by atoms with Gasteiger partial charge in [0.05, 0.1) is 10.5 Å². The molecule has 0 aliphatic rings. The van der Waals surface area contributed by atoms with Gasteiger partial charge in [-0.3, -0.25) is 4.79 Å². The fourth-order valence-electron chi connectivity index (χ4n) is 2.55. The van der Waals surface area contributed by atoms with Gasteiger partial charge < -0.3 is 9.64 Å². The molecular formula is C20H23BrN2O5S. The summed E-state index contributed by atoms with van der Waals surface area (Å²) in [6, 6.07) is 13.6. The van der Waals surface area contributed by atoms with Crippen LogP contribution in [-0.4, -0.2) is 56.7 Å². The number of halogens is 1. The number of amides is 1. The molecule has 0 saturated carbocycles. The summed E-state index contributed by atoms with van der Waals surface area (Å²) in [6.07, 6.45) is -1.02. The van der Waals surface area contributed by atoms with Gasteiger partial charge in [-0.1, -0.05) is 30.3 Å². The van der Waals surface area contributed by atoms with E-state index in [1.54, 1.807) is 7.05 Å². The summed E-state index contributed by atoms with van der Waals surface area (Å²) in [7, 11) is 0.671. The van der Waals surface area contributed by atoms with Gasteiger partial charge in [0.25, 0.3) is 5.91 Å². The molecule has 1 amide bonds. The highest BCUT2D eigenvalue weighted by molar-refractivity contribution is 9.10. The molecular weight excluding hydrogens is 460 g/mol. The van der Waals surface area contributed by atoms with E-state index >= 15 is 0 Å². The fraction of sp³-hybridized carbons (Fsp3) is 0.300. The first-order chi connectivity index (χ1) is 13.5. The van der Waals surface area contributed by atoms with Crippen molar-refractivity contribution in [3.05, 3.63) is 64.1 Å². The molecule has 0 N–H and O–H groups in total. The number of sulfonamides is 1. The SMILES string of the molecule is CC(OC(=O)c1ccc(Br)c(S(=O)(=O)N(C)C)c1)C(=O)N(C)Cc1ccccc1. The normalized spacial score (nSPS) is 12.5. The van der Waals surface area contributed by atoms with E-state index in [0.717, 1.165) is 9.87 Å². The molecule has 9 heteroatoms. The van der Waals surface area contributed by atoms with E-state index in [-0.39, 0.29) is 16.4 Å². The van der Waals surface area contributed by atoms with Gasteiger partial charge in [0.1, 0.15) is 0 Å². The van der Waals surface area contributed by atoms with Gasteiger partial charge in [0.2, 0.25) is 10.0 Å². The lowest BCUT2D eigenvalue weighted by Crippen LogP contribution is -2.37. The highest BCUT2D eigenvalue weighted by Gasteiger charge is 2.25. The zero-order chi connectivity index (χ0) is 21.8. The van der Waals surface area contributed by atoms with E-state index in [1.807, 2.05) is 30.3 Å². The Morgan fingerprint density at radius 2 is 1.69 bits per heavy atom. The lowest BCUT2D eigenvalue weighted by molar-refractivity contribution is -0.139. The second-order valence-electron chi connectivity index (χ2n) is 6.66. The van der Waals surface area contributed by atoms with Crippen LogP contribution in [0, 0.1) is 0 Å². The smallest absolute Gasteiger partial charge is 0.338 e. The van der Waals surface area contributed by atoms with Crippen LogP contribution in [0.3, 0.4) is 0 Å². The van der Waals surface area contributed by atoms with Crippen molar-refractivity contribution in [1.82, 2.24) is 9.21 Å². The maximum absolute atomic E-state index is 12.5. The van der Waals surface area contributed by atoms with Crippen LogP contribution in [0.5, 0.6) is 0 Å². The molecule has 7 nitrogen and oxygen atoms in total. The Hall–Kier alpha value is -2.23. The summed E-state index contributed by atoms with van der Waals surface area (Å²) < 4.78 is 31.5. The van der Waals surface area contributed by atoms with Crippen LogP contribution < -0.4 is 0 Å². The van der Waals surface area contributed by atoms with Crippen LogP contribution in [0.25, 0.3) is 0 Å². The van der Waals surface area contributed by atoms with Gasteiger partial charge in [0, 0.05) is 32.2 Å². The summed E-state index contributed by atoms with van der Waals surface area (Å²) in [5.74, 6) is -1.14. The van der Waals surface area contributed by atoms with Gasteiger partial charge in [-0.2, -0.15) is 0 Å². The molecule has 156 valence electrons. The minimum atomic E-state index is -3.75. The standard InChI is InChI=1S/C20H23BrN2O5S/c1-14(19(24)23(4)13-15-8-6-5-7-9-15)28-20(25)16-10-11-17(21)18(12-16)29(26,27)22(2)3/h5-12,14H,13H2,1-4H3. The Labute approximate surface area is 179 Å². The van der Waals surface area contributed by atoms with Gasteiger partial charge in [0.15, 0.2) is 6.10 Å². The number of nitrogens with zero attached hydrogens (tertiary/aromatic N) is 2. The monoisotopic (exact) mass is 482 g/mol. The van der Waals surface area contributed by atoms with Crippen LogP contribution >= 0.6 is 15.9 Å². The lowest BCUT2D eigenvalue weighted by Gasteiger charge is -2.21. The molecule has 0 spiro atoms. The highest BCUT2D eigenvalue weighted by Crippen LogP contribution is 2.25. The first-order valence-corrected chi connectivity index (χ1v) is 11.0. The van der Waals surface area contributed by atoms with Crippen molar-refractivity contribution in [2.75, 3.05) is 21.1 Å². The van der Waals surface area contributed by atoms with E-state index in [2.05, 4.69) is 15.9 Å². The number of benzene rings is 2. The Bertz CT molecular complexity index is 993. The largest absolute Gasteiger partial charge is 0.449 e. The average Bonchev–Trinajstić information content (AvgIpc) is 2.67. The van der Waals surface area contributed by atoms with E-state index in [0.29, 0.717) is 11.0 Å². The van der Waals surface area contributed by atoms with Crippen molar-refractivity contribution in [1.29, 1.82) is 0 Å². The Morgan fingerprint density at radius 1 is 1.07 bits per heavy atom. The van der Waals surface area contributed by atoms with Crippen LogP contribution in [0.4, 0.5) is 0 Å². The third-order valence-electron chi connectivity index (χ3n) is 4.20. The molecule has 29 heavy (non-hydrogen) atoms. The van der Waals surface area contributed by atoms with Crippen molar-refractivity contribution in [2.24, 2.45) is 0 Å². The minimum Gasteiger partial charge on any atom is -0.449 e. The van der Waals surface area contributed by atoms with Crippen molar-refractivity contribution in [2.45, 2.75) is 24.5 Å². The first kappa shape index (κ1) is 23.1. The lowest BCUT2D eigenvalue weighted by atomic mass is 10.2. The molecule has 0 radical (unpaired) electrons. The summed E-state index contributed by atoms with van der Waals surface area (Å²) in [5, 5.41) is 0. The van der Waals surface area contributed by atoms with E-state index < -0.39 is 22.1 Å². The van der Waals surface area contributed by atoms with Crippen LogP contribution in [0.2, 0.25) is 0 Å². The third-order valence-corrected chi connectivity index (χ3v) is 7.00. The number of esters is 1. The molecule has 0 aliphatic carbocycles. The maximum atomic E-state index is 12.5. The Balaban J connectivity index is 2.12. The van der Waals surface area contributed by atoms with Crippen LogP contribution in [-0.2, 0) is 26.1 Å². The molecule has 2 aromatic rings. The number of carbonyl (C=O) groups is 2. The first-order valence-electron chi connectivity index (χ1n) is 8.76. The Kier molecular flexibility index (Phi) is 7.56. The van der Waals surface area contributed by atoms with E-state index in [4.69, 9.17) is 4.74 Å². The summed E-state index contributed by atoms with van der Waals surface area (Å²) in [4.78, 5) is 26.4. The molecule has 2 aromatic carbocycles. The molecule has 1 unspecified atom stereocenters. The summed E-state index contributed by atoms with van der Waals surface area (Å²) in [5.41, 5.74) is 0.993. The van der Waals surface area contributed by atoms with Crippen LogP contribution in [0.15, 0.2) is 57.9 Å². The summed E-state index contributed by atoms with van der Waals surface area (Å²) in [6.45, 7) is 1.86. The fourth-order valence-corrected chi connectivity index (χ4v) is 4.39. The van der Waals surface area contributed by atoms with Crippen molar-refractivity contribution in [3.63, 3.8) is 0 Å². The predicted octanol–water partition coefficient (Wildman–Crippen LogP) is 2.90. The van der Waals surface area contributed by atoms with E-state index in [1.165, 1.54) is 44.1 Å². The molecule has 0 aromatic heterocycles. The number of ether oxygens (including phenoxy) is 1. The molecule has 0 saturated heterocycles. The highest BCUT2D eigenvalue weighted by atomic mass is 79.9. The molecule has 0 aliphatic heterocycles. The van der Waals surface area contributed by atoms with E-state index in [9.17, 15) is 18.0 Å². The number of hydrogen-bond acceptors (Lipinski definition) is 5. The van der Waals surface area contributed by atoms with Crippen LogP contribution in [0.1, 0.15) is 22.8 Å². The Morgan fingerprint density at radius 3 is 2.28 bits per heavy atom. The number of carbonyl (C=O) groups excluding carboxylic acids is 2. The predicted molar refractivity (Wildman–Crippen MR) is 113 cm³/mol. The second kappa shape index (κ2) is 9.51. The van der Waals surface area contributed by atoms with Crippen molar-refractivity contribution >= 4 is 37.8 Å². The molecule has 0 bridgehead atoms. The number of rotatable bonds is 7. The van der Waals surface area contributed by atoms with Crippen molar-refractivity contribution < 1.29 is 22.7 Å². The van der Waals surface area contributed by atoms with Crippen molar-refractivity contribution in [3.8, 4) is 0 Å². The number of hydrogen-bond donors (Lipinski definition) is 0. The van der Waals surface area contributed by atoms with Gasteiger partial charge in [-0.05, 0) is 46.6 Å². The topological polar surface area (TPSA) is 84.0 Å². The third kappa shape index (κ3) is 5.65. The zero-order valence-electron chi connectivity index (χ0n) is 16.6. The van der Waals surface area contributed by atoms with Gasteiger partial charge in [-0.15, -0.1) is 0 Å². The summed E-state index contributed by atoms with van der Waals surface area (Å²) >= 11 is 3.19. The van der Waals surface area contributed by atoms with Gasteiger partial charge >= 0.3 is 5.97 Å². The quantitative estimate of drug-likeness (QED) is 0.566. The molecule has 1 atom stereocenters. The molecule has 2 rings (SSSR count). The molecule has 0 fully saturated rings. The molecule has 0 heterocycles.